The van der Waals surface area contributed by atoms with Crippen LogP contribution in [0.2, 0.25) is 0 Å². The van der Waals surface area contributed by atoms with Crippen molar-refractivity contribution in [2.75, 3.05) is 13.1 Å². The summed E-state index contributed by atoms with van der Waals surface area (Å²) in [6.07, 6.45) is 5.93. The van der Waals surface area contributed by atoms with Crippen molar-refractivity contribution in [3.8, 4) is 0 Å². The highest BCUT2D eigenvalue weighted by Gasteiger charge is 2.45. The number of nitrogens with one attached hydrogen (secondary N) is 1. The summed E-state index contributed by atoms with van der Waals surface area (Å²) in [6.45, 7) is 0.787. The van der Waals surface area contributed by atoms with Crippen LogP contribution in [0.3, 0.4) is 0 Å². The third-order valence-corrected chi connectivity index (χ3v) is 5.41. The highest BCUT2D eigenvalue weighted by atomic mass is 16.4. The summed E-state index contributed by atoms with van der Waals surface area (Å²) in [5.41, 5.74) is 1.19. The van der Waals surface area contributed by atoms with Crippen molar-refractivity contribution in [3.05, 3.63) is 35.9 Å². The van der Waals surface area contributed by atoms with Crippen molar-refractivity contribution in [2.24, 2.45) is 5.92 Å². The summed E-state index contributed by atoms with van der Waals surface area (Å²) >= 11 is 0. The van der Waals surface area contributed by atoms with Crippen LogP contribution in [0, 0.1) is 5.92 Å². The molecule has 1 aromatic carbocycles. The lowest BCUT2D eigenvalue weighted by Gasteiger charge is -2.32. The van der Waals surface area contributed by atoms with Crippen LogP contribution in [-0.4, -0.2) is 47.1 Å². The van der Waals surface area contributed by atoms with Gasteiger partial charge >= 0.3 is 5.97 Å². The number of hydrogen-bond donors (Lipinski definition) is 2. The highest BCUT2D eigenvalue weighted by molar-refractivity contribution is 5.80. The number of benzene rings is 1. The van der Waals surface area contributed by atoms with Crippen LogP contribution < -0.4 is 5.32 Å². The number of likely N-dealkylation sites (tertiary alicyclic amines) is 1. The Morgan fingerprint density at radius 3 is 2.67 bits per heavy atom. The van der Waals surface area contributed by atoms with Crippen molar-refractivity contribution >= 4 is 11.9 Å². The molecule has 3 rings (SSSR count). The Kier molecular flexibility index (Phi) is 5.51. The zero-order valence-corrected chi connectivity index (χ0v) is 14.0. The van der Waals surface area contributed by atoms with Crippen LogP contribution in [-0.2, 0) is 16.0 Å². The first-order chi connectivity index (χ1) is 11.6. The van der Waals surface area contributed by atoms with Gasteiger partial charge in [-0.1, -0.05) is 43.2 Å². The summed E-state index contributed by atoms with van der Waals surface area (Å²) in [7, 11) is 0. The molecule has 1 saturated heterocycles. The third kappa shape index (κ3) is 3.96. The Morgan fingerprint density at radius 1 is 1.17 bits per heavy atom. The second kappa shape index (κ2) is 7.79. The van der Waals surface area contributed by atoms with Crippen LogP contribution >= 0.6 is 0 Å². The fraction of sp³-hybridized carbons (Fsp3) is 0.579. The Labute approximate surface area is 143 Å². The maximum atomic E-state index is 12.3. The molecule has 2 aliphatic rings. The highest BCUT2D eigenvalue weighted by Crippen LogP contribution is 2.39. The molecular formula is C19H26N2O3. The fourth-order valence-electron chi connectivity index (χ4n) is 4.24. The molecule has 1 heterocycles. The van der Waals surface area contributed by atoms with E-state index < -0.39 is 12.0 Å². The van der Waals surface area contributed by atoms with Gasteiger partial charge in [-0.05, 0) is 37.2 Å². The van der Waals surface area contributed by atoms with E-state index in [1.165, 1.54) is 12.0 Å². The smallest absolute Gasteiger partial charge is 0.320 e. The maximum Gasteiger partial charge on any atom is 0.320 e. The van der Waals surface area contributed by atoms with E-state index >= 15 is 0 Å². The van der Waals surface area contributed by atoms with E-state index in [0.717, 1.165) is 25.7 Å². The SMILES string of the molecule is O=C(CN1[C@H](C(=O)O)C[C@H]2CCCC[C@@H]21)NCCc1ccccc1. The molecule has 1 saturated carbocycles. The average molecular weight is 330 g/mol. The molecule has 0 spiro atoms. The van der Waals surface area contributed by atoms with Crippen molar-refractivity contribution in [1.82, 2.24) is 10.2 Å². The number of nitrogens with zero attached hydrogens (tertiary/aromatic N) is 1. The van der Waals surface area contributed by atoms with Gasteiger partial charge in [0.2, 0.25) is 5.91 Å². The second-order valence-corrected chi connectivity index (χ2v) is 6.96. The summed E-state index contributed by atoms with van der Waals surface area (Å²) in [5.74, 6) is -0.415. The molecule has 130 valence electrons. The predicted octanol–water partition coefficient (Wildman–Crippen LogP) is 2.06. The Hall–Kier alpha value is -1.88. The fourth-order valence-corrected chi connectivity index (χ4v) is 4.24. The molecule has 3 atom stereocenters. The lowest BCUT2D eigenvalue weighted by molar-refractivity contribution is -0.143. The van der Waals surface area contributed by atoms with E-state index in [-0.39, 0.29) is 18.5 Å². The Bertz CT molecular complexity index is 575. The van der Waals surface area contributed by atoms with E-state index in [9.17, 15) is 14.7 Å². The van der Waals surface area contributed by atoms with Gasteiger partial charge < -0.3 is 10.4 Å². The van der Waals surface area contributed by atoms with Gasteiger partial charge in [0.1, 0.15) is 6.04 Å². The largest absolute Gasteiger partial charge is 0.480 e. The molecule has 24 heavy (non-hydrogen) atoms. The summed E-state index contributed by atoms with van der Waals surface area (Å²) in [5, 5.41) is 12.4. The Balaban J connectivity index is 1.52. The molecule has 0 unspecified atom stereocenters. The van der Waals surface area contributed by atoms with Crippen molar-refractivity contribution in [2.45, 2.75) is 50.6 Å². The summed E-state index contributed by atoms with van der Waals surface area (Å²) < 4.78 is 0. The quantitative estimate of drug-likeness (QED) is 0.838. The van der Waals surface area contributed by atoms with E-state index in [0.29, 0.717) is 18.9 Å². The van der Waals surface area contributed by atoms with Gasteiger partial charge in [0.25, 0.3) is 0 Å². The van der Waals surface area contributed by atoms with Gasteiger partial charge in [0.05, 0.1) is 6.54 Å². The standard InChI is InChI=1S/C19H26N2O3/c22-18(20-11-10-14-6-2-1-3-7-14)13-21-16-9-5-4-8-15(16)12-17(21)19(23)24/h1-3,6-7,15-17H,4-5,8-13H2,(H,20,22)(H,23,24)/t15-,16+,17+/m1/s1. The molecule has 2 fully saturated rings. The minimum Gasteiger partial charge on any atom is -0.480 e. The molecule has 5 nitrogen and oxygen atoms in total. The predicted molar refractivity (Wildman–Crippen MR) is 91.6 cm³/mol. The number of carbonyl (C=O) groups excluding carboxylic acids is 1. The van der Waals surface area contributed by atoms with Gasteiger partial charge in [-0.3, -0.25) is 14.5 Å². The number of carbonyl (C=O) groups is 2. The molecular weight excluding hydrogens is 304 g/mol. The minimum absolute atomic E-state index is 0.0663. The minimum atomic E-state index is -0.790. The van der Waals surface area contributed by atoms with Gasteiger partial charge in [0.15, 0.2) is 0 Å². The molecule has 5 heteroatoms. The molecule has 0 bridgehead atoms. The number of carboxylic acids is 1. The van der Waals surface area contributed by atoms with Gasteiger partial charge in [-0.2, -0.15) is 0 Å². The molecule has 1 aromatic rings. The molecule has 1 amide bonds. The lowest BCUT2D eigenvalue weighted by Crippen LogP contribution is -2.47. The topological polar surface area (TPSA) is 69.6 Å². The first kappa shape index (κ1) is 17.0. The number of carboxylic acid groups (broad SMARTS) is 1. The zero-order chi connectivity index (χ0) is 16.9. The average Bonchev–Trinajstić information content (AvgIpc) is 2.95. The summed E-state index contributed by atoms with van der Waals surface area (Å²) in [4.78, 5) is 25.8. The first-order valence-corrected chi connectivity index (χ1v) is 8.94. The molecule has 2 N–H and O–H groups in total. The number of hydrogen-bond acceptors (Lipinski definition) is 3. The normalized spacial score (nSPS) is 26.8. The van der Waals surface area contributed by atoms with Crippen molar-refractivity contribution in [1.29, 1.82) is 0 Å². The third-order valence-electron chi connectivity index (χ3n) is 5.41. The van der Waals surface area contributed by atoms with Crippen LogP contribution in [0.1, 0.15) is 37.7 Å². The van der Waals surface area contributed by atoms with Crippen LogP contribution in [0.15, 0.2) is 30.3 Å². The van der Waals surface area contributed by atoms with E-state index in [4.69, 9.17) is 0 Å². The number of fused-ring (bicyclic) bond motifs is 1. The van der Waals surface area contributed by atoms with Crippen LogP contribution in [0.4, 0.5) is 0 Å². The molecule has 1 aliphatic carbocycles. The number of aliphatic carboxylic acids is 1. The van der Waals surface area contributed by atoms with Crippen molar-refractivity contribution < 1.29 is 14.7 Å². The van der Waals surface area contributed by atoms with Crippen LogP contribution in [0.25, 0.3) is 0 Å². The summed E-state index contributed by atoms with van der Waals surface area (Å²) in [6, 6.07) is 9.80. The molecule has 0 aromatic heterocycles. The maximum absolute atomic E-state index is 12.3. The number of amides is 1. The molecule has 0 radical (unpaired) electrons. The lowest BCUT2D eigenvalue weighted by atomic mass is 9.85. The van der Waals surface area contributed by atoms with Gasteiger partial charge in [0, 0.05) is 12.6 Å². The number of rotatable bonds is 6. The van der Waals surface area contributed by atoms with E-state index in [2.05, 4.69) is 5.32 Å². The van der Waals surface area contributed by atoms with Crippen LogP contribution in [0.5, 0.6) is 0 Å². The Morgan fingerprint density at radius 2 is 1.92 bits per heavy atom. The zero-order valence-electron chi connectivity index (χ0n) is 14.0. The monoisotopic (exact) mass is 330 g/mol. The second-order valence-electron chi connectivity index (χ2n) is 6.96. The van der Waals surface area contributed by atoms with Gasteiger partial charge in [-0.25, -0.2) is 0 Å². The molecule has 1 aliphatic heterocycles. The van der Waals surface area contributed by atoms with E-state index in [1.807, 2.05) is 35.2 Å². The van der Waals surface area contributed by atoms with Gasteiger partial charge in [-0.15, -0.1) is 0 Å². The first-order valence-electron chi connectivity index (χ1n) is 8.94. The van der Waals surface area contributed by atoms with E-state index in [1.54, 1.807) is 0 Å². The van der Waals surface area contributed by atoms with Crippen molar-refractivity contribution in [3.63, 3.8) is 0 Å².